The number of ether oxygens (including phenoxy) is 1. The molecule has 1 atom stereocenters. The maximum Gasteiger partial charge on any atom is 0.328 e. The Morgan fingerprint density at radius 3 is 2.52 bits per heavy atom. The summed E-state index contributed by atoms with van der Waals surface area (Å²) in [6.45, 7) is 3.91. The summed E-state index contributed by atoms with van der Waals surface area (Å²) < 4.78 is 4.78. The first-order chi connectivity index (χ1) is 14.1. The van der Waals surface area contributed by atoms with Crippen LogP contribution in [0.4, 0.5) is 0 Å². The highest BCUT2D eigenvalue weighted by Gasteiger charge is 2.22. The van der Waals surface area contributed by atoms with Crippen molar-refractivity contribution in [2.24, 2.45) is 0 Å². The second-order valence-corrected chi connectivity index (χ2v) is 6.05. The van der Waals surface area contributed by atoms with E-state index in [0.29, 0.717) is 12.8 Å². The molecule has 1 aromatic carbocycles. The molecule has 0 bridgehead atoms. The van der Waals surface area contributed by atoms with Gasteiger partial charge in [-0.1, -0.05) is 62.1 Å². The second kappa shape index (κ2) is 14.2. The van der Waals surface area contributed by atoms with Crippen molar-refractivity contribution in [2.75, 3.05) is 13.7 Å². The standard InChI is InChI=1S/C21H21ClN2O3.C2H6/c1-27-21(26)19(24-20(25)15-23-22)14-18-9-5-8-17(12-13-18)11-10-16-6-3-2-4-7-16;1-2/h2-4,6-9,12-13,19,23H,5,14-15H2,1H3,(H,24,25);1-2H3. The largest absolute Gasteiger partial charge is 0.467 e. The van der Waals surface area contributed by atoms with E-state index in [1.807, 2.05) is 68.5 Å². The third kappa shape index (κ3) is 9.29. The van der Waals surface area contributed by atoms with Crippen LogP contribution in [0, 0.1) is 11.8 Å². The number of carbonyl (C=O) groups is 2. The molecule has 0 saturated carbocycles. The molecule has 0 aliphatic heterocycles. The third-order valence-electron chi connectivity index (χ3n) is 3.81. The van der Waals surface area contributed by atoms with Gasteiger partial charge in [-0.3, -0.25) is 4.79 Å². The average Bonchev–Trinajstić information content (AvgIpc) is 2.98. The minimum atomic E-state index is -0.777. The minimum Gasteiger partial charge on any atom is -0.467 e. The summed E-state index contributed by atoms with van der Waals surface area (Å²) >= 11 is 5.33. The van der Waals surface area contributed by atoms with Crippen molar-refractivity contribution in [2.45, 2.75) is 32.7 Å². The van der Waals surface area contributed by atoms with E-state index in [4.69, 9.17) is 16.5 Å². The summed E-state index contributed by atoms with van der Waals surface area (Å²) in [4.78, 5) is 25.9. The van der Waals surface area contributed by atoms with Crippen LogP contribution in [-0.4, -0.2) is 31.6 Å². The van der Waals surface area contributed by atoms with E-state index in [1.54, 1.807) is 0 Å². The van der Waals surface area contributed by atoms with E-state index in [-0.39, 0.29) is 12.5 Å². The van der Waals surface area contributed by atoms with Crippen molar-refractivity contribution in [1.82, 2.24) is 10.2 Å². The molecule has 29 heavy (non-hydrogen) atoms. The molecular weight excluding hydrogens is 388 g/mol. The Balaban J connectivity index is 0.00000204. The van der Waals surface area contributed by atoms with Gasteiger partial charge in [-0.05, 0) is 42.0 Å². The molecule has 0 heterocycles. The second-order valence-electron chi connectivity index (χ2n) is 5.78. The number of halogens is 1. The number of hydrogen-bond acceptors (Lipinski definition) is 4. The fraction of sp³-hybridized carbons (Fsp3) is 0.304. The number of rotatable bonds is 6. The summed E-state index contributed by atoms with van der Waals surface area (Å²) in [6, 6.07) is 8.98. The highest BCUT2D eigenvalue weighted by Crippen LogP contribution is 2.16. The van der Waals surface area contributed by atoms with Gasteiger partial charge in [-0.15, -0.1) is 0 Å². The Bertz CT molecular complexity index is 818. The molecule has 2 N–H and O–H groups in total. The Hall–Kier alpha value is -2.81. The van der Waals surface area contributed by atoms with Gasteiger partial charge in [-0.2, -0.15) is 0 Å². The van der Waals surface area contributed by atoms with Crippen molar-refractivity contribution < 1.29 is 14.3 Å². The van der Waals surface area contributed by atoms with Gasteiger partial charge in [0.25, 0.3) is 0 Å². The molecule has 1 unspecified atom stereocenters. The van der Waals surface area contributed by atoms with Crippen LogP contribution in [0.15, 0.2) is 65.8 Å². The summed E-state index contributed by atoms with van der Waals surface area (Å²) in [5, 5.41) is 2.61. The molecule has 0 saturated heterocycles. The number of nitrogens with one attached hydrogen (secondary N) is 2. The Morgan fingerprint density at radius 1 is 1.14 bits per heavy atom. The van der Waals surface area contributed by atoms with Crippen LogP contribution in [0.1, 0.15) is 32.3 Å². The molecule has 5 nitrogen and oxygen atoms in total. The van der Waals surface area contributed by atoms with Crippen LogP contribution in [0.2, 0.25) is 0 Å². The van der Waals surface area contributed by atoms with Gasteiger partial charge in [0.05, 0.1) is 13.7 Å². The van der Waals surface area contributed by atoms with Gasteiger partial charge < -0.3 is 10.1 Å². The quantitative estimate of drug-likeness (QED) is 0.423. The molecule has 0 radical (unpaired) electrons. The number of carbonyl (C=O) groups excluding carboxylic acids is 2. The number of hydrogen-bond donors (Lipinski definition) is 2. The molecule has 0 fully saturated rings. The fourth-order valence-electron chi connectivity index (χ4n) is 2.46. The third-order valence-corrected chi connectivity index (χ3v) is 3.94. The molecule has 1 amide bonds. The van der Waals surface area contributed by atoms with Gasteiger partial charge in [0, 0.05) is 17.6 Å². The number of benzene rings is 1. The van der Waals surface area contributed by atoms with Crippen molar-refractivity contribution in [3.05, 3.63) is 71.3 Å². The van der Waals surface area contributed by atoms with Gasteiger partial charge in [0.1, 0.15) is 6.04 Å². The zero-order chi connectivity index (χ0) is 21.5. The molecule has 1 aliphatic carbocycles. The number of esters is 1. The number of amides is 1. The molecule has 1 aliphatic rings. The maximum absolute atomic E-state index is 12.0. The lowest BCUT2D eigenvalue weighted by Crippen LogP contribution is -2.44. The first kappa shape index (κ1) is 24.2. The minimum absolute atomic E-state index is 0.0925. The van der Waals surface area contributed by atoms with E-state index in [2.05, 4.69) is 22.0 Å². The Kier molecular flexibility index (Phi) is 11.9. The first-order valence-electron chi connectivity index (χ1n) is 9.47. The summed E-state index contributed by atoms with van der Waals surface area (Å²) in [5.41, 5.74) is 2.76. The molecular formula is C23H27ClN2O3. The van der Waals surface area contributed by atoms with Crippen molar-refractivity contribution >= 4 is 23.7 Å². The topological polar surface area (TPSA) is 67.4 Å². The lowest BCUT2D eigenvalue weighted by molar-refractivity contribution is -0.144. The van der Waals surface area contributed by atoms with E-state index in [9.17, 15) is 9.59 Å². The van der Waals surface area contributed by atoms with Crippen LogP contribution >= 0.6 is 11.8 Å². The summed E-state index contributed by atoms with van der Waals surface area (Å²) in [6.07, 6.45) is 8.83. The average molecular weight is 415 g/mol. The van der Waals surface area contributed by atoms with Crippen LogP contribution < -0.4 is 10.2 Å². The molecule has 6 heteroatoms. The van der Waals surface area contributed by atoms with Crippen molar-refractivity contribution in [3.63, 3.8) is 0 Å². The van der Waals surface area contributed by atoms with Crippen molar-refractivity contribution in [3.8, 4) is 11.8 Å². The first-order valence-corrected chi connectivity index (χ1v) is 9.85. The fourth-order valence-corrected chi connectivity index (χ4v) is 2.58. The molecule has 0 spiro atoms. The van der Waals surface area contributed by atoms with Crippen LogP contribution in [0.5, 0.6) is 0 Å². The van der Waals surface area contributed by atoms with E-state index in [1.165, 1.54) is 7.11 Å². The van der Waals surface area contributed by atoms with Crippen LogP contribution in [-0.2, 0) is 14.3 Å². The van der Waals surface area contributed by atoms with Gasteiger partial charge in [0.2, 0.25) is 5.91 Å². The van der Waals surface area contributed by atoms with Crippen molar-refractivity contribution in [1.29, 1.82) is 0 Å². The Morgan fingerprint density at radius 2 is 1.86 bits per heavy atom. The molecule has 1 aromatic rings. The van der Waals surface area contributed by atoms with Gasteiger partial charge in [0.15, 0.2) is 0 Å². The highest BCUT2D eigenvalue weighted by molar-refractivity contribution is 6.14. The number of methoxy groups -OCH3 is 1. The summed E-state index contributed by atoms with van der Waals surface area (Å²) in [5.74, 6) is 5.37. The zero-order valence-electron chi connectivity index (χ0n) is 17.0. The molecule has 0 aromatic heterocycles. The SMILES string of the molecule is CC.COC(=O)C(CC1=CCC=C(C#Cc2ccccc2)C=C1)NC(=O)CNCl. The van der Waals surface area contributed by atoms with E-state index in [0.717, 1.165) is 16.7 Å². The predicted octanol–water partition coefficient (Wildman–Crippen LogP) is 3.67. The molecule has 154 valence electrons. The zero-order valence-corrected chi connectivity index (χ0v) is 17.8. The van der Waals surface area contributed by atoms with Gasteiger partial charge >= 0.3 is 5.97 Å². The van der Waals surface area contributed by atoms with Crippen LogP contribution in [0.3, 0.4) is 0 Å². The highest BCUT2D eigenvalue weighted by atomic mass is 35.5. The summed E-state index contributed by atoms with van der Waals surface area (Å²) in [7, 11) is 1.29. The smallest absolute Gasteiger partial charge is 0.328 e. The normalized spacial score (nSPS) is 13.2. The predicted molar refractivity (Wildman–Crippen MR) is 117 cm³/mol. The lowest BCUT2D eigenvalue weighted by atomic mass is 10.0. The van der Waals surface area contributed by atoms with Crippen LogP contribution in [0.25, 0.3) is 0 Å². The maximum atomic E-state index is 12.0. The van der Waals surface area contributed by atoms with E-state index >= 15 is 0 Å². The monoisotopic (exact) mass is 414 g/mol. The lowest BCUT2D eigenvalue weighted by Gasteiger charge is -2.16. The Labute approximate surface area is 178 Å². The number of allylic oxidation sites excluding steroid dienone is 5. The van der Waals surface area contributed by atoms with Gasteiger partial charge in [-0.25, -0.2) is 9.63 Å². The van der Waals surface area contributed by atoms with E-state index < -0.39 is 12.0 Å². The molecule has 2 rings (SSSR count).